The summed E-state index contributed by atoms with van der Waals surface area (Å²) < 4.78 is 12.3. The van der Waals surface area contributed by atoms with Crippen molar-refractivity contribution < 1.29 is 9.47 Å². The van der Waals surface area contributed by atoms with Crippen LogP contribution in [0.5, 0.6) is 11.5 Å². The molecule has 1 N–H and O–H groups in total. The van der Waals surface area contributed by atoms with Crippen molar-refractivity contribution in [2.24, 2.45) is 5.92 Å². The lowest BCUT2D eigenvalue weighted by Gasteiger charge is -2.26. The molecule has 1 unspecified atom stereocenters. The first-order valence-electron chi connectivity index (χ1n) is 6.46. The lowest BCUT2D eigenvalue weighted by atomic mass is 9.95. The minimum Gasteiger partial charge on any atom is -0.486 e. The predicted molar refractivity (Wildman–Crippen MR) is 76.4 cm³/mol. The molecule has 1 aliphatic rings. The van der Waals surface area contributed by atoms with E-state index in [0.717, 1.165) is 22.5 Å². The van der Waals surface area contributed by atoms with Crippen molar-refractivity contribution in [2.75, 3.05) is 19.8 Å². The summed E-state index contributed by atoms with van der Waals surface area (Å²) in [7, 11) is 0. The molecule has 100 valence electrons. The van der Waals surface area contributed by atoms with Gasteiger partial charge in [-0.15, -0.1) is 0 Å². The number of hydrogen-bond acceptors (Lipinski definition) is 3. The molecule has 0 aromatic heterocycles. The molecule has 0 spiro atoms. The number of ether oxygens (including phenoxy) is 2. The van der Waals surface area contributed by atoms with Crippen molar-refractivity contribution in [3.8, 4) is 11.5 Å². The van der Waals surface area contributed by atoms with E-state index in [1.807, 2.05) is 6.07 Å². The largest absolute Gasteiger partial charge is 0.486 e. The third kappa shape index (κ3) is 2.81. The van der Waals surface area contributed by atoms with E-state index in [4.69, 9.17) is 9.47 Å². The zero-order valence-corrected chi connectivity index (χ0v) is 12.7. The smallest absolute Gasteiger partial charge is 0.162 e. The molecular weight excluding hydrogens is 294 g/mol. The van der Waals surface area contributed by atoms with Crippen molar-refractivity contribution in [3.05, 3.63) is 22.2 Å². The molecule has 0 radical (unpaired) electrons. The first kappa shape index (κ1) is 13.7. The van der Waals surface area contributed by atoms with Crippen LogP contribution in [-0.4, -0.2) is 19.8 Å². The zero-order valence-electron chi connectivity index (χ0n) is 11.1. The second-order valence-corrected chi connectivity index (χ2v) is 5.65. The summed E-state index contributed by atoms with van der Waals surface area (Å²) in [6.45, 7) is 8.76. The third-order valence-corrected chi connectivity index (χ3v) is 3.77. The van der Waals surface area contributed by atoms with E-state index in [1.165, 1.54) is 5.56 Å². The van der Waals surface area contributed by atoms with Crippen molar-refractivity contribution in [2.45, 2.75) is 26.8 Å². The Morgan fingerprint density at radius 2 is 1.83 bits per heavy atom. The molecule has 1 aromatic carbocycles. The van der Waals surface area contributed by atoms with Gasteiger partial charge in [0.05, 0.1) is 0 Å². The number of halogens is 1. The molecule has 0 saturated carbocycles. The zero-order chi connectivity index (χ0) is 13.1. The van der Waals surface area contributed by atoms with Crippen LogP contribution in [0.2, 0.25) is 0 Å². The molecular formula is C14H20BrNO2. The van der Waals surface area contributed by atoms with Gasteiger partial charge < -0.3 is 14.8 Å². The van der Waals surface area contributed by atoms with Crippen LogP contribution in [0.25, 0.3) is 0 Å². The maximum Gasteiger partial charge on any atom is 0.162 e. The van der Waals surface area contributed by atoms with Crippen LogP contribution in [0.15, 0.2) is 16.6 Å². The normalized spacial score (nSPS) is 15.8. The summed E-state index contributed by atoms with van der Waals surface area (Å²) in [6, 6.07) is 4.42. The average Bonchev–Trinajstić information content (AvgIpc) is 2.35. The van der Waals surface area contributed by atoms with Gasteiger partial charge in [-0.1, -0.05) is 36.7 Å². The Labute approximate surface area is 117 Å². The third-order valence-electron chi connectivity index (χ3n) is 3.09. The molecule has 0 amide bonds. The van der Waals surface area contributed by atoms with Crippen LogP contribution in [0, 0.1) is 5.92 Å². The fourth-order valence-electron chi connectivity index (χ4n) is 2.24. The minimum absolute atomic E-state index is 0.320. The van der Waals surface area contributed by atoms with Gasteiger partial charge in [0.15, 0.2) is 11.5 Å². The second-order valence-electron chi connectivity index (χ2n) is 4.80. The fourth-order valence-corrected chi connectivity index (χ4v) is 2.81. The van der Waals surface area contributed by atoms with Crippen LogP contribution in [0.4, 0.5) is 0 Å². The molecule has 1 aliphatic heterocycles. The standard InChI is InChI=1S/C14H20BrNO2/c1-4-16-14(9(2)3)10-7-12-13(8-11(10)15)18-6-5-17-12/h7-9,14,16H,4-6H2,1-3H3. The molecule has 0 aliphatic carbocycles. The van der Waals surface area contributed by atoms with Crippen LogP contribution in [0.1, 0.15) is 32.4 Å². The Bertz CT molecular complexity index is 421. The van der Waals surface area contributed by atoms with Crippen molar-refractivity contribution in [1.29, 1.82) is 0 Å². The number of fused-ring (bicyclic) bond motifs is 1. The van der Waals surface area contributed by atoms with Crippen molar-refractivity contribution in [3.63, 3.8) is 0 Å². The van der Waals surface area contributed by atoms with E-state index in [1.54, 1.807) is 0 Å². The quantitative estimate of drug-likeness (QED) is 0.922. The number of nitrogens with one attached hydrogen (secondary N) is 1. The lowest BCUT2D eigenvalue weighted by Crippen LogP contribution is -2.26. The SMILES string of the molecule is CCNC(c1cc2c(cc1Br)OCCO2)C(C)C. The Morgan fingerprint density at radius 3 is 2.39 bits per heavy atom. The van der Waals surface area contributed by atoms with Crippen LogP contribution in [-0.2, 0) is 0 Å². The predicted octanol–water partition coefficient (Wildman–Crippen LogP) is 3.53. The Hall–Kier alpha value is -0.740. The van der Waals surface area contributed by atoms with Gasteiger partial charge in [-0.2, -0.15) is 0 Å². The molecule has 3 nitrogen and oxygen atoms in total. The summed E-state index contributed by atoms with van der Waals surface area (Å²) >= 11 is 3.64. The number of hydrogen-bond donors (Lipinski definition) is 1. The Kier molecular flexibility index (Phi) is 4.51. The van der Waals surface area contributed by atoms with Crippen LogP contribution in [0.3, 0.4) is 0 Å². The first-order valence-corrected chi connectivity index (χ1v) is 7.25. The maximum absolute atomic E-state index is 5.65. The van der Waals surface area contributed by atoms with Crippen LogP contribution < -0.4 is 14.8 Å². The van der Waals surface area contributed by atoms with Gasteiger partial charge in [-0.25, -0.2) is 0 Å². The molecule has 0 saturated heterocycles. The molecule has 1 aromatic rings. The van der Waals surface area contributed by atoms with Gasteiger partial charge in [0, 0.05) is 10.5 Å². The lowest BCUT2D eigenvalue weighted by molar-refractivity contribution is 0.171. The minimum atomic E-state index is 0.320. The van der Waals surface area contributed by atoms with Gasteiger partial charge in [0.2, 0.25) is 0 Å². The van der Waals surface area contributed by atoms with Gasteiger partial charge in [0.1, 0.15) is 13.2 Å². The Balaban J connectivity index is 2.36. The molecule has 18 heavy (non-hydrogen) atoms. The molecule has 1 heterocycles. The molecule has 4 heteroatoms. The summed E-state index contributed by atoms with van der Waals surface area (Å²) in [5, 5.41) is 3.52. The summed E-state index contributed by atoms with van der Waals surface area (Å²) in [5.74, 6) is 2.20. The topological polar surface area (TPSA) is 30.5 Å². The number of rotatable bonds is 4. The van der Waals surface area contributed by atoms with E-state index in [2.05, 4.69) is 48.1 Å². The first-order chi connectivity index (χ1) is 8.63. The van der Waals surface area contributed by atoms with Gasteiger partial charge >= 0.3 is 0 Å². The average molecular weight is 314 g/mol. The van der Waals surface area contributed by atoms with Gasteiger partial charge in [0.25, 0.3) is 0 Å². The van der Waals surface area contributed by atoms with E-state index in [0.29, 0.717) is 25.2 Å². The maximum atomic E-state index is 5.65. The summed E-state index contributed by atoms with van der Waals surface area (Å²) in [6.07, 6.45) is 0. The second kappa shape index (κ2) is 5.93. The summed E-state index contributed by atoms with van der Waals surface area (Å²) in [5.41, 5.74) is 1.23. The highest BCUT2D eigenvalue weighted by Gasteiger charge is 2.21. The monoisotopic (exact) mass is 313 g/mol. The van der Waals surface area contributed by atoms with Crippen molar-refractivity contribution in [1.82, 2.24) is 5.32 Å². The van der Waals surface area contributed by atoms with Gasteiger partial charge in [-0.05, 0) is 30.2 Å². The molecule has 2 rings (SSSR count). The highest BCUT2D eigenvalue weighted by Crippen LogP contribution is 2.39. The van der Waals surface area contributed by atoms with E-state index in [9.17, 15) is 0 Å². The highest BCUT2D eigenvalue weighted by molar-refractivity contribution is 9.10. The van der Waals surface area contributed by atoms with E-state index in [-0.39, 0.29) is 0 Å². The van der Waals surface area contributed by atoms with Crippen LogP contribution >= 0.6 is 15.9 Å². The molecule has 1 atom stereocenters. The van der Waals surface area contributed by atoms with E-state index < -0.39 is 0 Å². The van der Waals surface area contributed by atoms with E-state index >= 15 is 0 Å². The molecule has 0 fully saturated rings. The molecule has 0 bridgehead atoms. The van der Waals surface area contributed by atoms with Crippen molar-refractivity contribution >= 4 is 15.9 Å². The highest BCUT2D eigenvalue weighted by atomic mass is 79.9. The fraction of sp³-hybridized carbons (Fsp3) is 0.571. The summed E-state index contributed by atoms with van der Waals surface area (Å²) in [4.78, 5) is 0. The number of benzene rings is 1. The van der Waals surface area contributed by atoms with Gasteiger partial charge in [-0.3, -0.25) is 0 Å². The Morgan fingerprint density at radius 1 is 1.22 bits per heavy atom.